The smallest absolute Gasteiger partial charge is 0.308 e. The highest BCUT2D eigenvalue weighted by Gasteiger charge is 2.34. The van der Waals surface area contributed by atoms with E-state index in [9.17, 15) is 14.4 Å². The molecule has 1 aromatic rings. The molecule has 0 aromatic heterocycles. The molecule has 0 saturated heterocycles. The van der Waals surface area contributed by atoms with Crippen LogP contribution >= 0.6 is 0 Å². The Balaban J connectivity index is 1.56. The lowest BCUT2D eigenvalue weighted by molar-refractivity contribution is -0.143. The average Bonchev–Trinajstić information content (AvgIpc) is 3.32. The van der Waals surface area contributed by atoms with Crippen LogP contribution in [0.3, 0.4) is 0 Å². The van der Waals surface area contributed by atoms with E-state index in [0.29, 0.717) is 5.56 Å². The van der Waals surface area contributed by atoms with Crippen molar-refractivity contribution in [2.75, 3.05) is 6.54 Å². The minimum Gasteiger partial charge on any atom is -0.481 e. The van der Waals surface area contributed by atoms with Gasteiger partial charge in [-0.3, -0.25) is 14.4 Å². The van der Waals surface area contributed by atoms with E-state index < -0.39 is 11.9 Å². The molecule has 0 bridgehead atoms. The van der Waals surface area contributed by atoms with Crippen LogP contribution in [0.15, 0.2) is 18.2 Å². The van der Waals surface area contributed by atoms with Crippen LogP contribution in [0.25, 0.3) is 0 Å². The first kappa shape index (κ1) is 17.6. The summed E-state index contributed by atoms with van der Waals surface area (Å²) in [5, 5.41) is 9.07. The first-order chi connectivity index (χ1) is 12.0. The lowest BCUT2D eigenvalue weighted by atomic mass is 10.0. The third-order valence-electron chi connectivity index (χ3n) is 5.19. The molecule has 1 fully saturated rings. The van der Waals surface area contributed by atoms with E-state index in [1.807, 2.05) is 18.2 Å². The molecule has 1 unspecified atom stereocenters. The van der Waals surface area contributed by atoms with Crippen molar-refractivity contribution in [2.24, 2.45) is 5.92 Å². The molecule has 0 heterocycles. The van der Waals surface area contributed by atoms with Gasteiger partial charge in [0.1, 0.15) is 0 Å². The van der Waals surface area contributed by atoms with Gasteiger partial charge in [0.05, 0.1) is 5.92 Å². The number of amides is 1. The number of hydrogen-bond acceptors (Lipinski definition) is 3. The maximum atomic E-state index is 12.5. The van der Waals surface area contributed by atoms with Gasteiger partial charge in [-0.1, -0.05) is 19.1 Å². The van der Waals surface area contributed by atoms with E-state index in [0.717, 1.165) is 32.1 Å². The number of fused-ring (bicyclic) bond motifs is 1. The highest BCUT2D eigenvalue weighted by Crippen LogP contribution is 2.29. The Morgan fingerprint density at radius 2 is 1.88 bits per heavy atom. The minimum absolute atomic E-state index is 0.00919. The lowest BCUT2D eigenvalue weighted by Gasteiger charge is -2.24. The topological polar surface area (TPSA) is 74.7 Å². The maximum Gasteiger partial charge on any atom is 0.308 e. The van der Waals surface area contributed by atoms with Crippen molar-refractivity contribution in [3.8, 4) is 0 Å². The molecular weight excluding hydrogens is 318 g/mol. The first-order valence-electron chi connectivity index (χ1n) is 9.13. The molecule has 0 spiro atoms. The van der Waals surface area contributed by atoms with Crippen molar-refractivity contribution >= 4 is 17.7 Å². The molecule has 1 amide bonds. The number of carbonyl (C=O) groups excluding carboxylic acids is 2. The van der Waals surface area contributed by atoms with Crippen LogP contribution in [-0.2, 0) is 22.4 Å². The van der Waals surface area contributed by atoms with Crippen molar-refractivity contribution in [1.29, 1.82) is 0 Å². The fraction of sp³-hybridized carbons (Fsp3) is 0.550. The van der Waals surface area contributed by atoms with Crippen molar-refractivity contribution in [2.45, 2.75) is 57.9 Å². The third-order valence-corrected chi connectivity index (χ3v) is 5.19. The predicted molar refractivity (Wildman–Crippen MR) is 93.6 cm³/mol. The number of nitrogens with zero attached hydrogens (tertiary/aromatic N) is 1. The standard InChI is InChI=1S/C20H25NO4/c1-13(20(24)25)12-21(17-7-8-17)19(23)10-9-18(22)16-6-5-14-3-2-4-15(14)11-16/h5-6,11,13,17H,2-4,7-10,12H2,1H3,(H,24,25). The highest BCUT2D eigenvalue weighted by molar-refractivity contribution is 5.98. The van der Waals surface area contributed by atoms with Gasteiger partial charge in [0.25, 0.3) is 0 Å². The summed E-state index contributed by atoms with van der Waals surface area (Å²) in [6.45, 7) is 1.84. The van der Waals surface area contributed by atoms with E-state index in [2.05, 4.69) is 0 Å². The summed E-state index contributed by atoms with van der Waals surface area (Å²) in [6, 6.07) is 6.02. The Bertz CT molecular complexity index is 693. The highest BCUT2D eigenvalue weighted by atomic mass is 16.4. The Kier molecular flexibility index (Phi) is 5.21. The van der Waals surface area contributed by atoms with E-state index in [-0.39, 0.29) is 37.1 Å². The van der Waals surface area contributed by atoms with E-state index in [1.54, 1.807) is 11.8 Å². The van der Waals surface area contributed by atoms with Crippen LogP contribution in [0.1, 0.15) is 60.5 Å². The summed E-state index contributed by atoms with van der Waals surface area (Å²) in [7, 11) is 0. The molecular formula is C20H25NO4. The summed E-state index contributed by atoms with van der Waals surface area (Å²) in [5.41, 5.74) is 3.27. The lowest BCUT2D eigenvalue weighted by Crippen LogP contribution is -2.38. The van der Waals surface area contributed by atoms with Crippen LogP contribution in [0.5, 0.6) is 0 Å². The molecule has 0 radical (unpaired) electrons. The minimum atomic E-state index is -0.896. The Morgan fingerprint density at radius 3 is 2.56 bits per heavy atom. The van der Waals surface area contributed by atoms with Crippen LogP contribution < -0.4 is 0 Å². The number of carboxylic acid groups (broad SMARTS) is 1. The van der Waals surface area contributed by atoms with Crippen LogP contribution in [-0.4, -0.2) is 40.3 Å². The maximum absolute atomic E-state index is 12.5. The van der Waals surface area contributed by atoms with E-state index in [4.69, 9.17) is 5.11 Å². The van der Waals surface area contributed by atoms with E-state index >= 15 is 0 Å². The Morgan fingerprint density at radius 1 is 1.16 bits per heavy atom. The number of benzene rings is 1. The fourth-order valence-corrected chi connectivity index (χ4v) is 3.47. The number of aryl methyl sites for hydroxylation is 2. The molecule has 2 aliphatic rings. The molecule has 0 aliphatic heterocycles. The number of carbonyl (C=O) groups is 3. The molecule has 134 valence electrons. The molecule has 1 saturated carbocycles. The first-order valence-corrected chi connectivity index (χ1v) is 9.13. The molecule has 3 rings (SSSR count). The molecule has 5 heteroatoms. The number of hydrogen-bond donors (Lipinski definition) is 1. The molecule has 1 N–H and O–H groups in total. The van der Waals surface area contributed by atoms with Gasteiger partial charge in [-0.05, 0) is 49.3 Å². The number of rotatable bonds is 8. The van der Waals surface area contributed by atoms with Crippen molar-refractivity contribution in [1.82, 2.24) is 4.90 Å². The summed E-state index contributed by atoms with van der Waals surface area (Å²) < 4.78 is 0. The van der Waals surface area contributed by atoms with Gasteiger partial charge in [-0.2, -0.15) is 0 Å². The largest absolute Gasteiger partial charge is 0.481 e. The number of ketones is 1. The summed E-state index contributed by atoms with van der Waals surface area (Å²) >= 11 is 0. The van der Waals surface area contributed by atoms with Crippen LogP contribution in [0.2, 0.25) is 0 Å². The second-order valence-corrected chi connectivity index (χ2v) is 7.28. The number of carboxylic acids is 1. The Hall–Kier alpha value is -2.17. The quantitative estimate of drug-likeness (QED) is 0.737. The monoisotopic (exact) mass is 343 g/mol. The molecule has 25 heavy (non-hydrogen) atoms. The zero-order chi connectivity index (χ0) is 18.0. The second-order valence-electron chi connectivity index (χ2n) is 7.28. The number of Topliss-reactive ketones (excluding diaryl/α,β-unsaturated/α-hetero) is 1. The van der Waals surface area contributed by atoms with Gasteiger partial charge < -0.3 is 10.0 Å². The molecule has 1 aromatic carbocycles. The molecule has 5 nitrogen and oxygen atoms in total. The van der Waals surface area contributed by atoms with Crippen molar-refractivity contribution in [3.63, 3.8) is 0 Å². The van der Waals surface area contributed by atoms with Crippen LogP contribution in [0, 0.1) is 5.92 Å². The van der Waals surface area contributed by atoms with Gasteiger partial charge >= 0.3 is 5.97 Å². The molecule has 2 aliphatic carbocycles. The Labute approximate surface area is 148 Å². The summed E-state index contributed by atoms with van der Waals surface area (Å²) in [6.07, 6.45) is 5.44. The van der Waals surface area contributed by atoms with Crippen LogP contribution in [0.4, 0.5) is 0 Å². The predicted octanol–water partition coefficient (Wildman–Crippen LogP) is 2.85. The second kappa shape index (κ2) is 7.38. The van der Waals surface area contributed by atoms with Crippen molar-refractivity contribution in [3.05, 3.63) is 34.9 Å². The SMILES string of the molecule is CC(CN(C(=O)CCC(=O)c1ccc2c(c1)CCC2)C1CC1)C(=O)O. The van der Waals surface area contributed by atoms with E-state index in [1.165, 1.54) is 11.1 Å². The van der Waals surface area contributed by atoms with Gasteiger partial charge in [-0.15, -0.1) is 0 Å². The number of aliphatic carboxylic acids is 1. The third kappa shape index (κ3) is 4.27. The normalized spacial score (nSPS) is 17.0. The van der Waals surface area contributed by atoms with Gasteiger partial charge in [0, 0.05) is 31.0 Å². The zero-order valence-electron chi connectivity index (χ0n) is 14.7. The van der Waals surface area contributed by atoms with Gasteiger partial charge in [0.2, 0.25) is 5.91 Å². The van der Waals surface area contributed by atoms with Crippen molar-refractivity contribution < 1.29 is 19.5 Å². The summed E-state index contributed by atoms with van der Waals surface area (Å²) in [4.78, 5) is 37.6. The molecule has 1 atom stereocenters. The average molecular weight is 343 g/mol. The van der Waals surface area contributed by atoms with Gasteiger partial charge in [-0.25, -0.2) is 0 Å². The summed E-state index contributed by atoms with van der Waals surface area (Å²) in [5.74, 6) is -1.60. The zero-order valence-corrected chi connectivity index (χ0v) is 14.7. The fourth-order valence-electron chi connectivity index (χ4n) is 3.47. The van der Waals surface area contributed by atoms with Gasteiger partial charge in [0.15, 0.2) is 5.78 Å².